The summed E-state index contributed by atoms with van der Waals surface area (Å²) in [5.74, 6) is -0.960. The zero-order valence-electron chi connectivity index (χ0n) is 18.1. The third-order valence-corrected chi connectivity index (χ3v) is 7.04. The molecular formula is C23H26N2O6S. The molecule has 0 aliphatic heterocycles. The molecule has 0 amide bonds. The summed E-state index contributed by atoms with van der Waals surface area (Å²) >= 11 is 0. The molecule has 3 rings (SSSR count). The van der Waals surface area contributed by atoms with Crippen LogP contribution in [0.1, 0.15) is 25.8 Å². The van der Waals surface area contributed by atoms with Crippen molar-refractivity contribution in [3.63, 3.8) is 0 Å². The number of nitrogens with zero attached hydrogens (tertiary/aromatic N) is 2. The van der Waals surface area contributed by atoms with Crippen molar-refractivity contribution in [3.8, 4) is 0 Å². The van der Waals surface area contributed by atoms with Gasteiger partial charge in [-0.05, 0) is 42.3 Å². The summed E-state index contributed by atoms with van der Waals surface area (Å²) in [6, 6.07) is 13.5. The van der Waals surface area contributed by atoms with E-state index in [1.54, 1.807) is 50.3 Å². The molecule has 9 heteroatoms. The summed E-state index contributed by atoms with van der Waals surface area (Å²) in [6.45, 7) is 4.90. The van der Waals surface area contributed by atoms with Gasteiger partial charge in [-0.3, -0.25) is 4.57 Å². The van der Waals surface area contributed by atoms with Crippen molar-refractivity contribution < 1.29 is 22.4 Å². The Morgan fingerprint density at radius 1 is 1.09 bits per heavy atom. The number of aromatic nitrogens is 1. The lowest BCUT2D eigenvalue weighted by atomic mass is 10.2. The Kier molecular flexibility index (Phi) is 7.66. The van der Waals surface area contributed by atoms with E-state index in [1.807, 2.05) is 6.07 Å². The number of sulfonamides is 1. The highest BCUT2D eigenvalue weighted by Crippen LogP contribution is 2.17. The number of hydrogen-bond donors (Lipinski definition) is 0. The first kappa shape index (κ1) is 23.5. The highest BCUT2D eigenvalue weighted by atomic mass is 32.2. The zero-order valence-corrected chi connectivity index (χ0v) is 18.9. The number of esters is 1. The molecule has 0 aliphatic rings. The Bertz CT molecular complexity index is 1250. The molecule has 0 radical (unpaired) electrons. The third-order valence-electron chi connectivity index (χ3n) is 4.98. The lowest BCUT2D eigenvalue weighted by Gasteiger charge is -2.18. The van der Waals surface area contributed by atoms with E-state index in [0.29, 0.717) is 42.7 Å². The lowest BCUT2D eigenvalue weighted by Crippen LogP contribution is -2.30. The van der Waals surface area contributed by atoms with Crippen molar-refractivity contribution in [2.75, 3.05) is 19.7 Å². The monoisotopic (exact) mass is 458 g/mol. The number of ether oxygens (including phenoxy) is 1. The Labute approximate surface area is 186 Å². The van der Waals surface area contributed by atoms with Crippen LogP contribution in [-0.4, -0.2) is 43.0 Å². The molecule has 0 fully saturated rings. The normalized spacial score (nSPS) is 12.1. The van der Waals surface area contributed by atoms with Crippen molar-refractivity contribution in [3.05, 3.63) is 70.7 Å². The molecule has 0 aliphatic carbocycles. The first-order valence-corrected chi connectivity index (χ1v) is 11.8. The third kappa shape index (κ3) is 5.35. The molecule has 0 saturated carbocycles. The number of aryl methyl sites for hydroxylation is 1. The van der Waals surface area contributed by atoms with Crippen molar-refractivity contribution in [1.29, 1.82) is 0 Å². The smallest absolute Gasteiger partial charge is 0.419 e. The predicted molar refractivity (Wildman–Crippen MR) is 122 cm³/mol. The average Bonchev–Trinajstić information content (AvgIpc) is 3.11. The van der Waals surface area contributed by atoms with Crippen LogP contribution in [0.25, 0.3) is 17.2 Å². The molecule has 0 saturated heterocycles. The van der Waals surface area contributed by atoms with Crippen LogP contribution in [0.3, 0.4) is 0 Å². The molecular weight excluding hydrogens is 432 g/mol. The number of carbonyl (C=O) groups excluding carboxylic acids is 1. The summed E-state index contributed by atoms with van der Waals surface area (Å²) in [4.78, 5) is 24.1. The maximum atomic E-state index is 12.5. The number of rotatable bonds is 10. The summed E-state index contributed by atoms with van der Waals surface area (Å²) < 4.78 is 38.2. The van der Waals surface area contributed by atoms with Gasteiger partial charge in [0, 0.05) is 25.7 Å². The van der Waals surface area contributed by atoms with Crippen molar-refractivity contribution in [2.24, 2.45) is 0 Å². The fourth-order valence-electron chi connectivity index (χ4n) is 3.30. The van der Waals surface area contributed by atoms with Gasteiger partial charge in [0.05, 0.1) is 17.0 Å². The van der Waals surface area contributed by atoms with E-state index in [4.69, 9.17) is 9.15 Å². The van der Waals surface area contributed by atoms with Crippen LogP contribution in [-0.2, 0) is 26.1 Å². The minimum absolute atomic E-state index is 0.149. The molecule has 170 valence electrons. The van der Waals surface area contributed by atoms with Gasteiger partial charge in [-0.25, -0.2) is 18.0 Å². The molecule has 0 bridgehead atoms. The number of hydrogen-bond acceptors (Lipinski definition) is 6. The van der Waals surface area contributed by atoms with Crippen molar-refractivity contribution in [2.45, 2.75) is 31.7 Å². The van der Waals surface area contributed by atoms with Crippen LogP contribution in [0.15, 0.2) is 68.7 Å². The van der Waals surface area contributed by atoms with Gasteiger partial charge >= 0.3 is 11.7 Å². The van der Waals surface area contributed by atoms with Crippen LogP contribution in [0.5, 0.6) is 0 Å². The minimum Gasteiger partial charge on any atom is -0.462 e. The predicted octanol–water partition coefficient (Wildman–Crippen LogP) is 3.27. The number of para-hydroxylation sites is 2. The molecule has 1 heterocycles. The molecule has 32 heavy (non-hydrogen) atoms. The molecule has 3 aromatic rings. The van der Waals surface area contributed by atoms with Crippen LogP contribution >= 0.6 is 0 Å². The van der Waals surface area contributed by atoms with Crippen LogP contribution < -0.4 is 5.76 Å². The quantitative estimate of drug-likeness (QED) is 0.263. The molecule has 0 unspecified atom stereocenters. The highest BCUT2D eigenvalue weighted by Gasteiger charge is 2.20. The topological polar surface area (TPSA) is 98.8 Å². The SMILES string of the molecule is CCN(CC)S(=O)(=O)c1ccc(/C=C/C(=O)OCCCn2c(=O)oc3ccccc32)cc1. The van der Waals surface area contributed by atoms with E-state index in [-0.39, 0.29) is 11.5 Å². The molecule has 1 aromatic heterocycles. The summed E-state index contributed by atoms with van der Waals surface area (Å²) in [7, 11) is -3.51. The zero-order chi connectivity index (χ0) is 23.1. The number of oxazole rings is 1. The molecule has 8 nitrogen and oxygen atoms in total. The fraction of sp³-hybridized carbons (Fsp3) is 0.304. The standard InChI is InChI=1S/C23H26N2O6S/c1-3-24(4-2)32(28,29)19-13-10-18(11-14-19)12-15-22(26)30-17-7-16-25-20-8-5-6-9-21(20)31-23(25)27/h5-6,8-15H,3-4,7,16-17H2,1-2H3/b15-12+. The van der Waals surface area contributed by atoms with E-state index in [1.165, 1.54) is 27.1 Å². The highest BCUT2D eigenvalue weighted by molar-refractivity contribution is 7.89. The van der Waals surface area contributed by atoms with Gasteiger partial charge in [-0.1, -0.05) is 38.1 Å². The van der Waals surface area contributed by atoms with E-state index in [2.05, 4.69) is 0 Å². The summed E-state index contributed by atoms with van der Waals surface area (Å²) in [6.07, 6.45) is 3.30. The molecule has 0 N–H and O–H groups in total. The largest absolute Gasteiger partial charge is 0.462 e. The maximum absolute atomic E-state index is 12.5. The second kappa shape index (κ2) is 10.4. The van der Waals surface area contributed by atoms with Gasteiger partial charge < -0.3 is 9.15 Å². The van der Waals surface area contributed by atoms with Gasteiger partial charge in [-0.2, -0.15) is 4.31 Å². The van der Waals surface area contributed by atoms with E-state index in [9.17, 15) is 18.0 Å². The van der Waals surface area contributed by atoms with Gasteiger partial charge in [0.2, 0.25) is 10.0 Å². The molecule has 2 aromatic carbocycles. The lowest BCUT2D eigenvalue weighted by molar-refractivity contribution is -0.137. The first-order valence-electron chi connectivity index (χ1n) is 10.4. The second-order valence-electron chi connectivity index (χ2n) is 7.00. The number of fused-ring (bicyclic) bond motifs is 1. The Balaban J connectivity index is 1.51. The maximum Gasteiger partial charge on any atom is 0.419 e. The van der Waals surface area contributed by atoms with Gasteiger partial charge in [0.25, 0.3) is 0 Å². The number of benzene rings is 2. The molecule has 0 atom stereocenters. The Hall–Kier alpha value is -3.17. The van der Waals surface area contributed by atoms with Crippen LogP contribution in [0.2, 0.25) is 0 Å². The van der Waals surface area contributed by atoms with E-state index in [0.717, 1.165) is 0 Å². The molecule has 0 spiro atoms. The van der Waals surface area contributed by atoms with Crippen molar-refractivity contribution >= 4 is 33.2 Å². The Morgan fingerprint density at radius 3 is 2.47 bits per heavy atom. The van der Waals surface area contributed by atoms with Crippen LogP contribution in [0, 0.1) is 0 Å². The fourth-order valence-corrected chi connectivity index (χ4v) is 4.76. The summed E-state index contributed by atoms with van der Waals surface area (Å²) in [5.41, 5.74) is 1.90. The van der Waals surface area contributed by atoms with E-state index >= 15 is 0 Å². The van der Waals surface area contributed by atoms with Crippen molar-refractivity contribution in [1.82, 2.24) is 8.87 Å². The first-order chi connectivity index (χ1) is 15.4. The summed E-state index contributed by atoms with van der Waals surface area (Å²) in [5, 5.41) is 0. The van der Waals surface area contributed by atoms with Gasteiger partial charge in [-0.15, -0.1) is 0 Å². The minimum atomic E-state index is -3.51. The van der Waals surface area contributed by atoms with Crippen LogP contribution in [0.4, 0.5) is 0 Å². The van der Waals surface area contributed by atoms with Gasteiger partial charge in [0.15, 0.2) is 5.58 Å². The van der Waals surface area contributed by atoms with Gasteiger partial charge in [0.1, 0.15) is 0 Å². The average molecular weight is 459 g/mol. The number of carbonyl (C=O) groups is 1. The second-order valence-corrected chi connectivity index (χ2v) is 8.94. The Morgan fingerprint density at radius 2 is 1.78 bits per heavy atom. The van der Waals surface area contributed by atoms with E-state index < -0.39 is 21.7 Å².